The summed E-state index contributed by atoms with van der Waals surface area (Å²) in [5, 5.41) is -0.0819. The van der Waals surface area contributed by atoms with E-state index < -0.39 is 5.82 Å². The fourth-order valence-electron chi connectivity index (χ4n) is 2.91. The minimum Gasteiger partial charge on any atom is -0.489 e. The summed E-state index contributed by atoms with van der Waals surface area (Å²) in [4.78, 5) is 14.6. The first-order chi connectivity index (χ1) is 14.9. The molecule has 0 bridgehead atoms. The van der Waals surface area contributed by atoms with Gasteiger partial charge in [-0.05, 0) is 59.7 Å². The van der Waals surface area contributed by atoms with E-state index in [0.717, 1.165) is 22.9 Å². The van der Waals surface area contributed by atoms with Crippen LogP contribution >= 0.6 is 35.6 Å². The van der Waals surface area contributed by atoms with Crippen molar-refractivity contribution in [2.75, 3.05) is 4.90 Å². The Bertz CT molecular complexity index is 1200. The Morgan fingerprint density at radius 2 is 1.84 bits per heavy atom. The number of carbonyl (C=O) groups is 1. The van der Waals surface area contributed by atoms with Gasteiger partial charge in [-0.15, -0.1) is 0 Å². The van der Waals surface area contributed by atoms with Crippen LogP contribution in [0.2, 0.25) is 5.02 Å². The third kappa shape index (κ3) is 4.95. The van der Waals surface area contributed by atoms with Crippen molar-refractivity contribution in [3.8, 4) is 5.75 Å². The maximum absolute atomic E-state index is 13.5. The number of nitrogens with zero attached hydrogens (tertiary/aromatic N) is 1. The second-order valence-electron chi connectivity index (χ2n) is 6.60. The first kappa shape index (κ1) is 21.5. The first-order valence-electron chi connectivity index (χ1n) is 9.11. The third-order valence-electron chi connectivity index (χ3n) is 4.43. The van der Waals surface area contributed by atoms with Gasteiger partial charge in [-0.25, -0.2) is 8.78 Å². The summed E-state index contributed by atoms with van der Waals surface area (Å²) in [6, 6.07) is 17.3. The zero-order valence-corrected chi connectivity index (χ0v) is 18.2. The van der Waals surface area contributed by atoms with Gasteiger partial charge in [0.15, 0.2) is 4.32 Å². The maximum Gasteiger partial charge on any atom is 0.270 e. The second-order valence-corrected chi connectivity index (χ2v) is 8.69. The number of anilines is 1. The number of carbonyl (C=O) groups excluding carboxylic acids is 1. The minimum atomic E-state index is -0.566. The monoisotopic (exact) mass is 473 g/mol. The molecule has 0 unspecified atom stereocenters. The molecule has 31 heavy (non-hydrogen) atoms. The molecule has 0 radical (unpaired) electrons. The minimum absolute atomic E-state index is 0.0819. The van der Waals surface area contributed by atoms with Crippen LogP contribution in [0.5, 0.6) is 5.75 Å². The molecule has 1 amide bonds. The molecule has 0 N–H and O–H groups in total. The molecule has 0 spiro atoms. The molecule has 1 saturated heterocycles. The topological polar surface area (TPSA) is 29.5 Å². The van der Waals surface area contributed by atoms with Crippen molar-refractivity contribution in [3.63, 3.8) is 0 Å². The van der Waals surface area contributed by atoms with Crippen molar-refractivity contribution < 1.29 is 18.3 Å². The lowest BCUT2D eigenvalue weighted by molar-refractivity contribution is -0.113. The summed E-state index contributed by atoms with van der Waals surface area (Å²) in [6.45, 7) is 0.289. The van der Waals surface area contributed by atoms with Crippen molar-refractivity contribution >= 4 is 57.6 Å². The number of hydrogen-bond donors (Lipinski definition) is 0. The number of halogens is 3. The van der Waals surface area contributed by atoms with E-state index >= 15 is 0 Å². The van der Waals surface area contributed by atoms with Crippen LogP contribution in [0.25, 0.3) is 6.08 Å². The van der Waals surface area contributed by atoms with Gasteiger partial charge >= 0.3 is 0 Å². The summed E-state index contributed by atoms with van der Waals surface area (Å²) in [6.07, 6.45) is 1.72. The van der Waals surface area contributed by atoms with E-state index in [4.69, 9.17) is 28.6 Å². The van der Waals surface area contributed by atoms with Crippen LogP contribution in [0, 0.1) is 11.6 Å². The largest absolute Gasteiger partial charge is 0.489 e. The molecule has 0 saturated carbocycles. The van der Waals surface area contributed by atoms with Crippen molar-refractivity contribution in [2.45, 2.75) is 6.61 Å². The highest BCUT2D eigenvalue weighted by Crippen LogP contribution is 2.37. The molecule has 0 aromatic heterocycles. The van der Waals surface area contributed by atoms with E-state index in [1.54, 1.807) is 30.3 Å². The lowest BCUT2D eigenvalue weighted by Crippen LogP contribution is -2.27. The Balaban J connectivity index is 1.51. The standard InChI is InChI=1S/C23H14ClF2NO2S2/c24-19-12-17(8-9-20(19)26)27-22(28)21(31-23(27)30)11-15-2-1-3-18(10-15)29-13-14-4-6-16(25)7-5-14/h1-12H,13H2/b21-11+. The first-order valence-corrected chi connectivity index (χ1v) is 10.7. The Labute approximate surface area is 192 Å². The van der Waals surface area contributed by atoms with Crippen LogP contribution in [0.4, 0.5) is 14.5 Å². The zero-order valence-electron chi connectivity index (χ0n) is 15.8. The average molecular weight is 474 g/mol. The third-order valence-corrected chi connectivity index (χ3v) is 6.02. The predicted octanol–water partition coefficient (Wildman–Crippen LogP) is 6.60. The molecule has 0 atom stereocenters. The van der Waals surface area contributed by atoms with Gasteiger partial charge in [-0.3, -0.25) is 9.69 Å². The summed E-state index contributed by atoms with van der Waals surface area (Å²) in [5.41, 5.74) is 2.01. The van der Waals surface area contributed by atoms with Crippen LogP contribution in [-0.2, 0) is 11.4 Å². The number of ether oxygens (including phenoxy) is 1. The number of benzene rings is 3. The Kier molecular flexibility index (Phi) is 6.36. The van der Waals surface area contributed by atoms with Gasteiger partial charge < -0.3 is 4.74 Å². The van der Waals surface area contributed by atoms with Gasteiger partial charge in [0.25, 0.3) is 5.91 Å². The lowest BCUT2D eigenvalue weighted by atomic mass is 10.2. The summed E-state index contributed by atoms with van der Waals surface area (Å²) < 4.78 is 32.6. The molecule has 1 aliphatic rings. The van der Waals surface area contributed by atoms with Gasteiger partial charge in [-0.2, -0.15) is 0 Å². The number of hydrogen-bond acceptors (Lipinski definition) is 4. The molecular formula is C23H14ClF2NO2S2. The Hall–Kier alpha value is -2.74. The van der Waals surface area contributed by atoms with Crippen LogP contribution in [-0.4, -0.2) is 10.2 Å². The lowest BCUT2D eigenvalue weighted by Gasteiger charge is -2.14. The summed E-state index contributed by atoms with van der Waals surface area (Å²) in [7, 11) is 0. The van der Waals surface area contributed by atoms with E-state index in [-0.39, 0.29) is 23.4 Å². The molecule has 4 rings (SSSR count). The summed E-state index contributed by atoms with van der Waals surface area (Å²) >= 11 is 12.3. The van der Waals surface area contributed by atoms with E-state index in [9.17, 15) is 13.6 Å². The predicted molar refractivity (Wildman–Crippen MR) is 124 cm³/mol. The van der Waals surface area contributed by atoms with E-state index in [0.29, 0.717) is 20.7 Å². The number of amides is 1. The Morgan fingerprint density at radius 3 is 2.58 bits per heavy atom. The molecule has 1 heterocycles. The van der Waals surface area contributed by atoms with Gasteiger partial charge in [-0.1, -0.05) is 59.8 Å². The van der Waals surface area contributed by atoms with E-state index in [1.165, 1.54) is 35.2 Å². The molecular weight excluding hydrogens is 460 g/mol. The maximum atomic E-state index is 13.5. The highest BCUT2D eigenvalue weighted by Gasteiger charge is 2.33. The Morgan fingerprint density at radius 1 is 1.06 bits per heavy atom. The van der Waals surface area contributed by atoms with Crippen LogP contribution in [0.3, 0.4) is 0 Å². The molecule has 8 heteroatoms. The number of rotatable bonds is 5. The molecule has 3 aromatic rings. The summed E-state index contributed by atoms with van der Waals surface area (Å²) in [5.74, 6) is -0.566. The fourth-order valence-corrected chi connectivity index (χ4v) is 4.38. The van der Waals surface area contributed by atoms with Crippen molar-refractivity contribution in [3.05, 3.63) is 99.4 Å². The van der Waals surface area contributed by atoms with Gasteiger partial charge in [0.05, 0.1) is 15.6 Å². The van der Waals surface area contributed by atoms with Gasteiger partial charge in [0.2, 0.25) is 0 Å². The van der Waals surface area contributed by atoms with Gasteiger partial charge in [0, 0.05) is 0 Å². The van der Waals surface area contributed by atoms with Crippen molar-refractivity contribution in [1.82, 2.24) is 0 Å². The normalized spacial score (nSPS) is 15.1. The van der Waals surface area contributed by atoms with Crippen molar-refractivity contribution in [1.29, 1.82) is 0 Å². The highest BCUT2D eigenvalue weighted by molar-refractivity contribution is 8.27. The van der Waals surface area contributed by atoms with E-state index in [1.807, 2.05) is 12.1 Å². The molecule has 3 nitrogen and oxygen atoms in total. The fraction of sp³-hybridized carbons (Fsp3) is 0.0435. The molecule has 3 aromatic carbocycles. The number of thiocarbonyl (C=S) groups is 1. The second kappa shape index (κ2) is 9.18. The smallest absolute Gasteiger partial charge is 0.270 e. The zero-order chi connectivity index (χ0) is 22.0. The molecule has 0 aliphatic carbocycles. The van der Waals surface area contributed by atoms with Crippen molar-refractivity contribution in [2.24, 2.45) is 0 Å². The SMILES string of the molecule is O=C1/C(=C\c2cccc(OCc3ccc(F)cc3)c2)SC(=S)N1c1ccc(F)c(Cl)c1. The molecule has 1 aliphatic heterocycles. The molecule has 1 fully saturated rings. The number of thioether (sulfide) groups is 1. The quantitative estimate of drug-likeness (QED) is 0.308. The highest BCUT2D eigenvalue weighted by atomic mass is 35.5. The van der Waals surface area contributed by atoms with Crippen LogP contribution in [0.1, 0.15) is 11.1 Å². The van der Waals surface area contributed by atoms with Gasteiger partial charge in [0.1, 0.15) is 24.0 Å². The van der Waals surface area contributed by atoms with Crippen LogP contribution < -0.4 is 9.64 Å². The van der Waals surface area contributed by atoms with Crippen LogP contribution in [0.15, 0.2) is 71.6 Å². The van der Waals surface area contributed by atoms with E-state index in [2.05, 4.69) is 0 Å². The molecule has 156 valence electrons. The average Bonchev–Trinajstić information content (AvgIpc) is 3.03.